The monoisotopic (exact) mass is 309 g/mol. The first-order chi connectivity index (χ1) is 10.6. The van der Waals surface area contributed by atoms with Crippen molar-refractivity contribution in [2.45, 2.75) is 26.7 Å². The van der Waals surface area contributed by atoms with Crippen LogP contribution in [-0.4, -0.2) is 10.8 Å². The first-order valence-corrected chi connectivity index (χ1v) is 7.84. The summed E-state index contributed by atoms with van der Waals surface area (Å²) in [6, 6.07) is 14.5. The number of fused-ring (bicyclic) bond motifs is 1. The van der Waals surface area contributed by atoms with E-state index in [1.54, 1.807) is 0 Å². The quantitative estimate of drug-likeness (QED) is 0.651. The van der Waals surface area contributed by atoms with Crippen LogP contribution < -0.4 is 10.7 Å². The van der Waals surface area contributed by atoms with Gasteiger partial charge in [0, 0.05) is 11.3 Å². The van der Waals surface area contributed by atoms with E-state index in [1.165, 1.54) is 22.3 Å². The number of nitrogens with zero attached hydrogens (tertiary/aromatic N) is 1. The zero-order valence-electron chi connectivity index (χ0n) is 12.8. The lowest BCUT2D eigenvalue weighted by atomic mass is 10.1. The molecule has 112 valence electrons. The average molecular weight is 309 g/mol. The second-order valence-electron chi connectivity index (χ2n) is 5.53. The van der Waals surface area contributed by atoms with Gasteiger partial charge in [-0.3, -0.25) is 5.43 Å². The number of thiocarbonyl (C=S) groups is 1. The van der Waals surface area contributed by atoms with Crippen molar-refractivity contribution in [2.24, 2.45) is 5.10 Å². The molecule has 0 atom stereocenters. The van der Waals surface area contributed by atoms with Gasteiger partial charge >= 0.3 is 0 Å². The highest BCUT2D eigenvalue weighted by Gasteiger charge is 2.16. The van der Waals surface area contributed by atoms with Gasteiger partial charge in [-0.1, -0.05) is 36.4 Å². The molecule has 0 aromatic heterocycles. The first-order valence-electron chi connectivity index (χ1n) is 7.43. The number of rotatable bonds is 2. The van der Waals surface area contributed by atoms with Gasteiger partial charge in [0.05, 0.1) is 5.71 Å². The molecular formula is C18H19N3S. The van der Waals surface area contributed by atoms with Crippen molar-refractivity contribution in [2.75, 3.05) is 5.32 Å². The Hall–Kier alpha value is -2.20. The molecule has 0 fully saturated rings. The Balaban J connectivity index is 1.69. The number of aryl methyl sites for hydroxylation is 2. The third kappa shape index (κ3) is 3.02. The Morgan fingerprint density at radius 1 is 1.05 bits per heavy atom. The second-order valence-corrected chi connectivity index (χ2v) is 5.94. The van der Waals surface area contributed by atoms with E-state index in [0.29, 0.717) is 5.11 Å². The highest BCUT2D eigenvalue weighted by Crippen LogP contribution is 2.22. The molecule has 0 heterocycles. The Morgan fingerprint density at radius 2 is 1.86 bits per heavy atom. The summed E-state index contributed by atoms with van der Waals surface area (Å²) >= 11 is 5.34. The van der Waals surface area contributed by atoms with E-state index in [-0.39, 0.29) is 0 Å². The highest BCUT2D eigenvalue weighted by molar-refractivity contribution is 7.80. The van der Waals surface area contributed by atoms with E-state index in [9.17, 15) is 0 Å². The van der Waals surface area contributed by atoms with E-state index < -0.39 is 0 Å². The standard InChI is InChI=1S/C18H19N3S/c1-12-6-5-9-16(13(12)2)19-18(22)21-20-17-11-10-14-7-3-4-8-15(14)17/h3-9H,10-11H2,1-2H3,(H2,19,21,22). The largest absolute Gasteiger partial charge is 0.331 e. The van der Waals surface area contributed by atoms with Gasteiger partial charge < -0.3 is 5.32 Å². The summed E-state index contributed by atoms with van der Waals surface area (Å²) in [5, 5.41) is 8.21. The van der Waals surface area contributed by atoms with Gasteiger partial charge in [-0.25, -0.2) is 0 Å². The van der Waals surface area contributed by atoms with Crippen LogP contribution in [0, 0.1) is 13.8 Å². The van der Waals surface area contributed by atoms with Crippen LogP contribution in [0.25, 0.3) is 0 Å². The minimum Gasteiger partial charge on any atom is -0.331 e. The van der Waals surface area contributed by atoms with E-state index in [2.05, 4.69) is 54.0 Å². The Morgan fingerprint density at radius 3 is 2.73 bits per heavy atom. The number of anilines is 1. The summed E-state index contributed by atoms with van der Waals surface area (Å²) in [6.07, 6.45) is 2.01. The molecule has 3 rings (SSSR count). The Kier molecular flexibility index (Phi) is 4.20. The van der Waals surface area contributed by atoms with Crippen LogP contribution in [0.3, 0.4) is 0 Å². The summed E-state index contributed by atoms with van der Waals surface area (Å²) in [7, 11) is 0. The van der Waals surface area contributed by atoms with Crippen molar-refractivity contribution < 1.29 is 0 Å². The minimum absolute atomic E-state index is 0.519. The molecule has 4 heteroatoms. The molecule has 2 aromatic rings. The third-order valence-corrected chi connectivity index (χ3v) is 4.30. The van der Waals surface area contributed by atoms with E-state index in [0.717, 1.165) is 24.2 Å². The fourth-order valence-corrected chi connectivity index (χ4v) is 2.83. The SMILES string of the molecule is Cc1cccc(NC(=S)NN=C2CCc3ccccc32)c1C. The fraction of sp³-hybridized carbons (Fsp3) is 0.222. The molecule has 0 spiro atoms. The van der Waals surface area contributed by atoms with Crippen LogP contribution in [0.2, 0.25) is 0 Å². The number of nitrogens with one attached hydrogen (secondary N) is 2. The van der Waals surface area contributed by atoms with Gasteiger partial charge in [-0.05, 0) is 61.7 Å². The lowest BCUT2D eigenvalue weighted by molar-refractivity contribution is 1.01. The van der Waals surface area contributed by atoms with Crippen molar-refractivity contribution >= 4 is 28.7 Å². The second kappa shape index (κ2) is 6.28. The normalized spacial score (nSPS) is 14.7. The lowest BCUT2D eigenvalue weighted by Crippen LogP contribution is -2.25. The lowest BCUT2D eigenvalue weighted by Gasteiger charge is -2.12. The molecular weight excluding hydrogens is 290 g/mol. The van der Waals surface area contributed by atoms with Crippen molar-refractivity contribution in [1.82, 2.24) is 5.43 Å². The average Bonchev–Trinajstić information content (AvgIpc) is 2.93. The maximum Gasteiger partial charge on any atom is 0.191 e. The molecule has 0 unspecified atom stereocenters. The van der Waals surface area contributed by atoms with Crippen molar-refractivity contribution in [3.8, 4) is 0 Å². The van der Waals surface area contributed by atoms with Crippen LogP contribution in [-0.2, 0) is 6.42 Å². The minimum atomic E-state index is 0.519. The predicted octanol–water partition coefficient (Wildman–Crippen LogP) is 3.94. The first kappa shape index (κ1) is 14.7. The number of hydrazone groups is 1. The summed E-state index contributed by atoms with van der Waals surface area (Å²) in [6.45, 7) is 4.17. The molecule has 2 aromatic carbocycles. The molecule has 1 aliphatic rings. The molecule has 0 saturated carbocycles. The van der Waals surface area contributed by atoms with Crippen LogP contribution in [0.1, 0.15) is 28.7 Å². The molecule has 0 saturated heterocycles. The summed E-state index contributed by atoms with van der Waals surface area (Å²) in [4.78, 5) is 0. The van der Waals surface area contributed by atoms with Gasteiger partial charge in [-0.15, -0.1) is 0 Å². The molecule has 0 amide bonds. The Labute approximate surface area is 136 Å². The molecule has 3 nitrogen and oxygen atoms in total. The maximum absolute atomic E-state index is 5.34. The van der Waals surface area contributed by atoms with Crippen molar-refractivity contribution in [1.29, 1.82) is 0 Å². The third-order valence-electron chi connectivity index (χ3n) is 4.10. The van der Waals surface area contributed by atoms with Crippen LogP contribution in [0.5, 0.6) is 0 Å². The molecule has 2 N–H and O–H groups in total. The summed E-state index contributed by atoms with van der Waals surface area (Å²) in [5.74, 6) is 0. The maximum atomic E-state index is 5.34. The topological polar surface area (TPSA) is 36.4 Å². The zero-order chi connectivity index (χ0) is 15.5. The van der Waals surface area contributed by atoms with Crippen LogP contribution >= 0.6 is 12.2 Å². The summed E-state index contributed by atoms with van der Waals surface area (Å²) < 4.78 is 0. The number of hydrogen-bond acceptors (Lipinski definition) is 2. The van der Waals surface area contributed by atoms with E-state index >= 15 is 0 Å². The molecule has 0 radical (unpaired) electrons. The van der Waals surface area contributed by atoms with E-state index in [4.69, 9.17) is 12.2 Å². The fourth-order valence-electron chi connectivity index (χ4n) is 2.68. The Bertz CT molecular complexity index is 750. The molecule has 22 heavy (non-hydrogen) atoms. The molecule has 0 bridgehead atoms. The number of hydrogen-bond donors (Lipinski definition) is 2. The van der Waals surface area contributed by atoms with Crippen LogP contribution in [0.15, 0.2) is 47.6 Å². The predicted molar refractivity (Wildman–Crippen MR) is 96.6 cm³/mol. The number of benzene rings is 2. The summed E-state index contributed by atoms with van der Waals surface area (Å²) in [5.41, 5.74) is 10.1. The highest BCUT2D eigenvalue weighted by atomic mass is 32.1. The smallest absolute Gasteiger partial charge is 0.191 e. The van der Waals surface area contributed by atoms with Gasteiger partial charge in [0.1, 0.15) is 0 Å². The molecule has 0 aliphatic heterocycles. The van der Waals surface area contributed by atoms with E-state index in [1.807, 2.05) is 18.2 Å². The van der Waals surface area contributed by atoms with Gasteiger partial charge in [-0.2, -0.15) is 5.10 Å². The van der Waals surface area contributed by atoms with Crippen molar-refractivity contribution in [3.63, 3.8) is 0 Å². The van der Waals surface area contributed by atoms with Crippen molar-refractivity contribution in [3.05, 3.63) is 64.7 Å². The van der Waals surface area contributed by atoms with Crippen LogP contribution in [0.4, 0.5) is 5.69 Å². The van der Waals surface area contributed by atoms with Gasteiger partial charge in [0.25, 0.3) is 0 Å². The van der Waals surface area contributed by atoms with Gasteiger partial charge in [0.15, 0.2) is 5.11 Å². The van der Waals surface area contributed by atoms with Gasteiger partial charge in [0.2, 0.25) is 0 Å². The molecule has 1 aliphatic carbocycles. The zero-order valence-corrected chi connectivity index (χ0v) is 13.6.